The van der Waals surface area contributed by atoms with E-state index in [1.54, 1.807) is 12.1 Å². The minimum Gasteiger partial charge on any atom is -0.465 e. The van der Waals surface area contributed by atoms with Crippen LogP contribution in [-0.2, 0) is 20.7 Å². The summed E-state index contributed by atoms with van der Waals surface area (Å²) in [6.07, 6.45) is 0.0720. The maximum Gasteiger partial charge on any atom is 0.337 e. The fraction of sp³-hybridized carbons (Fsp3) is 0.182. The molecule has 0 unspecified atom stereocenters. The van der Waals surface area contributed by atoms with Gasteiger partial charge < -0.3 is 10.1 Å². The number of ether oxygens (including phenoxy) is 1. The molecule has 0 radical (unpaired) electrons. The summed E-state index contributed by atoms with van der Waals surface area (Å²) in [5.41, 5.74) is 1.54. The number of Topliss-reactive ketones (excluding diaryl/α,β-unsaturated/α-hetero) is 1. The summed E-state index contributed by atoms with van der Waals surface area (Å²) in [6, 6.07) is 4.71. The van der Waals surface area contributed by atoms with E-state index in [4.69, 9.17) is 0 Å². The molecule has 82 valence electrons. The molecule has 1 aromatic rings. The van der Waals surface area contributed by atoms with Crippen LogP contribution in [0.2, 0.25) is 0 Å². The predicted molar refractivity (Wildman–Crippen MR) is 55.1 cm³/mol. The van der Waals surface area contributed by atoms with Crippen LogP contribution in [0.25, 0.3) is 0 Å². The first kappa shape index (κ1) is 10.4. The quantitative estimate of drug-likeness (QED) is 0.552. The summed E-state index contributed by atoms with van der Waals surface area (Å²) in [5.74, 6) is -1.60. The van der Waals surface area contributed by atoms with E-state index in [1.165, 1.54) is 13.2 Å². The molecule has 1 aliphatic heterocycles. The first-order valence-electron chi connectivity index (χ1n) is 4.67. The Morgan fingerprint density at radius 3 is 2.81 bits per heavy atom. The third kappa shape index (κ3) is 1.67. The average Bonchev–Trinajstić information content (AvgIpc) is 2.29. The molecule has 1 amide bonds. The van der Waals surface area contributed by atoms with Gasteiger partial charge in [-0.2, -0.15) is 0 Å². The number of amides is 1. The van der Waals surface area contributed by atoms with E-state index in [9.17, 15) is 14.4 Å². The molecular formula is C11H9NO4. The Labute approximate surface area is 91.4 Å². The molecule has 2 rings (SSSR count). The first-order valence-corrected chi connectivity index (χ1v) is 4.67. The maximum atomic E-state index is 11.2. The van der Waals surface area contributed by atoms with Crippen LogP contribution in [0.3, 0.4) is 0 Å². The highest BCUT2D eigenvalue weighted by atomic mass is 16.5. The second kappa shape index (κ2) is 3.77. The van der Waals surface area contributed by atoms with E-state index >= 15 is 0 Å². The third-order valence-corrected chi connectivity index (χ3v) is 2.38. The molecule has 0 aliphatic carbocycles. The molecule has 0 saturated heterocycles. The number of nitrogens with one attached hydrogen (secondary N) is 1. The SMILES string of the molecule is COC(=O)c1ccc2c(c1)NC(=O)C(=O)C2. The molecule has 1 aliphatic rings. The minimum atomic E-state index is -0.644. The Kier molecular flexibility index (Phi) is 2.44. The van der Waals surface area contributed by atoms with Crippen molar-refractivity contribution in [3.8, 4) is 0 Å². The summed E-state index contributed by atoms with van der Waals surface area (Å²) < 4.78 is 4.56. The van der Waals surface area contributed by atoms with Crippen LogP contribution in [0.4, 0.5) is 5.69 Å². The van der Waals surface area contributed by atoms with Gasteiger partial charge in [0.2, 0.25) is 5.78 Å². The number of rotatable bonds is 1. The van der Waals surface area contributed by atoms with E-state index in [0.29, 0.717) is 16.8 Å². The Hall–Kier alpha value is -2.17. The summed E-state index contributed by atoms with van der Waals surface area (Å²) in [7, 11) is 1.28. The standard InChI is InChI=1S/C11H9NO4/c1-16-11(15)7-3-2-6-5-9(13)10(14)12-8(6)4-7/h2-4H,5H2,1H3,(H,12,14). The van der Waals surface area contributed by atoms with Gasteiger partial charge in [-0.3, -0.25) is 9.59 Å². The molecule has 5 heteroatoms. The number of carbonyl (C=O) groups is 3. The van der Waals surface area contributed by atoms with Gasteiger partial charge in [0, 0.05) is 12.1 Å². The number of hydrogen-bond acceptors (Lipinski definition) is 4. The highest BCUT2D eigenvalue weighted by Crippen LogP contribution is 2.22. The average molecular weight is 219 g/mol. The summed E-state index contributed by atoms with van der Waals surface area (Å²) in [4.78, 5) is 33.5. The number of methoxy groups -OCH3 is 1. The minimum absolute atomic E-state index is 0.0720. The molecule has 16 heavy (non-hydrogen) atoms. The molecule has 0 bridgehead atoms. The van der Waals surface area contributed by atoms with Crippen molar-refractivity contribution >= 4 is 23.3 Å². The van der Waals surface area contributed by atoms with Gasteiger partial charge in [0.1, 0.15) is 0 Å². The summed E-state index contributed by atoms with van der Waals surface area (Å²) in [6.45, 7) is 0. The van der Waals surface area contributed by atoms with Gasteiger partial charge in [-0.15, -0.1) is 0 Å². The highest BCUT2D eigenvalue weighted by molar-refractivity contribution is 6.42. The second-order valence-electron chi connectivity index (χ2n) is 3.42. The van der Waals surface area contributed by atoms with Crippen LogP contribution in [-0.4, -0.2) is 24.8 Å². The lowest BCUT2D eigenvalue weighted by atomic mass is 10.00. The number of ketones is 1. The van der Waals surface area contributed by atoms with Gasteiger partial charge in [-0.1, -0.05) is 6.07 Å². The zero-order valence-corrected chi connectivity index (χ0v) is 8.57. The lowest BCUT2D eigenvalue weighted by Gasteiger charge is -2.16. The van der Waals surface area contributed by atoms with Gasteiger partial charge in [0.15, 0.2) is 0 Å². The number of anilines is 1. The maximum absolute atomic E-state index is 11.2. The highest BCUT2D eigenvalue weighted by Gasteiger charge is 2.23. The number of esters is 1. The molecule has 5 nitrogen and oxygen atoms in total. The zero-order valence-electron chi connectivity index (χ0n) is 8.57. The van der Waals surface area contributed by atoms with Crippen molar-refractivity contribution in [2.24, 2.45) is 0 Å². The van der Waals surface area contributed by atoms with Gasteiger partial charge >= 0.3 is 5.97 Å². The molecule has 0 saturated carbocycles. The van der Waals surface area contributed by atoms with Gasteiger partial charge in [-0.25, -0.2) is 4.79 Å². The molecule has 0 aromatic heterocycles. The van der Waals surface area contributed by atoms with E-state index < -0.39 is 17.7 Å². The molecule has 0 fully saturated rings. The Bertz CT molecular complexity index is 493. The van der Waals surface area contributed by atoms with Crippen molar-refractivity contribution < 1.29 is 19.1 Å². The molecule has 1 aromatic carbocycles. The number of benzene rings is 1. The number of hydrogen-bond donors (Lipinski definition) is 1. The second-order valence-corrected chi connectivity index (χ2v) is 3.42. The van der Waals surface area contributed by atoms with Crippen LogP contribution in [0.1, 0.15) is 15.9 Å². The molecule has 0 atom stereocenters. The van der Waals surface area contributed by atoms with Crippen LogP contribution < -0.4 is 5.32 Å². The number of carbonyl (C=O) groups excluding carboxylic acids is 3. The predicted octanol–water partition coefficient (Wildman–Crippen LogP) is 0.537. The van der Waals surface area contributed by atoms with Gasteiger partial charge in [-0.05, 0) is 17.7 Å². The summed E-state index contributed by atoms with van der Waals surface area (Å²) in [5, 5.41) is 2.43. The fourth-order valence-electron chi connectivity index (χ4n) is 1.54. The lowest BCUT2D eigenvalue weighted by molar-refractivity contribution is -0.134. The van der Waals surface area contributed by atoms with Gasteiger partial charge in [0.25, 0.3) is 5.91 Å². The van der Waals surface area contributed by atoms with Crippen LogP contribution in [0.5, 0.6) is 0 Å². The zero-order chi connectivity index (χ0) is 11.7. The first-order chi connectivity index (χ1) is 7.61. The van der Waals surface area contributed by atoms with Crippen molar-refractivity contribution in [1.82, 2.24) is 0 Å². The lowest BCUT2D eigenvalue weighted by Crippen LogP contribution is -2.29. The van der Waals surface area contributed by atoms with E-state index in [2.05, 4.69) is 10.1 Å². The monoisotopic (exact) mass is 219 g/mol. The van der Waals surface area contributed by atoms with Crippen molar-refractivity contribution in [2.75, 3.05) is 12.4 Å². The van der Waals surface area contributed by atoms with Crippen molar-refractivity contribution in [2.45, 2.75) is 6.42 Å². The van der Waals surface area contributed by atoms with E-state index in [1.807, 2.05) is 0 Å². The molecule has 1 N–H and O–H groups in total. The summed E-state index contributed by atoms with van der Waals surface area (Å²) >= 11 is 0. The van der Waals surface area contributed by atoms with Crippen molar-refractivity contribution in [1.29, 1.82) is 0 Å². The molecule has 0 spiro atoms. The Morgan fingerprint density at radius 2 is 2.12 bits per heavy atom. The van der Waals surface area contributed by atoms with Crippen molar-refractivity contribution in [3.63, 3.8) is 0 Å². The largest absolute Gasteiger partial charge is 0.465 e. The normalized spacial score (nSPS) is 14.1. The Morgan fingerprint density at radius 1 is 1.38 bits per heavy atom. The van der Waals surface area contributed by atoms with Gasteiger partial charge in [0.05, 0.1) is 12.7 Å². The molecule has 1 heterocycles. The smallest absolute Gasteiger partial charge is 0.337 e. The van der Waals surface area contributed by atoms with E-state index in [0.717, 1.165) is 0 Å². The van der Waals surface area contributed by atoms with Crippen molar-refractivity contribution in [3.05, 3.63) is 29.3 Å². The van der Waals surface area contributed by atoms with E-state index in [-0.39, 0.29) is 6.42 Å². The molecular weight excluding hydrogens is 210 g/mol. The third-order valence-electron chi connectivity index (χ3n) is 2.38. The number of fused-ring (bicyclic) bond motifs is 1. The topological polar surface area (TPSA) is 72.5 Å². The Balaban J connectivity index is 2.40. The van der Waals surface area contributed by atoms with Crippen LogP contribution >= 0.6 is 0 Å². The van der Waals surface area contributed by atoms with Crippen LogP contribution in [0.15, 0.2) is 18.2 Å². The fourth-order valence-corrected chi connectivity index (χ4v) is 1.54. The van der Waals surface area contributed by atoms with Crippen LogP contribution in [0, 0.1) is 0 Å².